The summed E-state index contributed by atoms with van der Waals surface area (Å²) < 4.78 is 33.2. The molecule has 0 aliphatic rings. The average Bonchev–Trinajstić information content (AvgIpc) is 3.28. The molecule has 4 rings (SSSR count). The van der Waals surface area contributed by atoms with Crippen molar-refractivity contribution in [2.45, 2.75) is 38.5 Å². The Morgan fingerprint density at radius 2 is 1.69 bits per heavy atom. The molecule has 3 N–H and O–H groups in total. The highest BCUT2D eigenvalue weighted by Gasteiger charge is 2.24. The number of amides is 1. The number of aliphatic hydroxyl groups excluding tert-OH is 1. The van der Waals surface area contributed by atoms with Crippen molar-refractivity contribution in [2.24, 2.45) is 0 Å². The summed E-state index contributed by atoms with van der Waals surface area (Å²) in [5.74, 6) is -1.85. The molecule has 3 aromatic carbocycles. The topological polar surface area (TPSA) is 74.5 Å². The third kappa shape index (κ3) is 6.53. The molecule has 7 heteroatoms. The monoisotopic (exact) mass is 478 g/mol. The Bertz CT molecular complexity index is 1250. The number of para-hydroxylation sites is 1. The molecule has 182 valence electrons. The lowest BCUT2D eigenvalue weighted by atomic mass is 10.00. The number of furan rings is 1. The van der Waals surface area contributed by atoms with Crippen molar-refractivity contribution in [3.05, 3.63) is 107 Å². The molecular weight excluding hydrogens is 450 g/mol. The first kappa shape index (κ1) is 24.6. The van der Waals surface area contributed by atoms with E-state index in [2.05, 4.69) is 29.7 Å². The molecule has 0 saturated heterocycles. The molecule has 0 saturated carbocycles. The minimum absolute atomic E-state index is 0.0365. The van der Waals surface area contributed by atoms with Gasteiger partial charge in [-0.2, -0.15) is 0 Å². The quantitative estimate of drug-likeness (QED) is 0.307. The van der Waals surface area contributed by atoms with Crippen LogP contribution in [0.3, 0.4) is 0 Å². The summed E-state index contributed by atoms with van der Waals surface area (Å²) in [7, 11) is 0. The van der Waals surface area contributed by atoms with Crippen molar-refractivity contribution < 1.29 is 23.1 Å². The Kier molecular flexibility index (Phi) is 7.90. The van der Waals surface area contributed by atoms with Gasteiger partial charge in [0.2, 0.25) is 0 Å². The van der Waals surface area contributed by atoms with Crippen LogP contribution in [-0.2, 0) is 19.4 Å². The van der Waals surface area contributed by atoms with E-state index in [0.29, 0.717) is 17.7 Å². The molecule has 1 amide bonds. The van der Waals surface area contributed by atoms with Crippen molar-refractivity contribution in [3.8, 4) is 0 Å². The van der Waals surface area contributed by atoms with E-state index < -0.39 is 29.7 Å². The summed E-state index contributed by atoms with van der Waals surface area (Å²) in [6, 6.07) is 19.3. The molecule has 5 nitrogen and oxygen atoms in total. The predicted molar refractivity (Wildman–Crippen MR) is 131 cm³/mol. The zero-order valence-electron chi connectivity index (χ0n) is 19.4. The number of aryl methyl sites for hydroxylation is 1. The zero-order chi connectivity index (χ0) is 24.8. The standard InChI is InChI=1S/C28H28F2N2O3/c1-2-18-6-5-7-19(10-18)16-31-17-25(33)24(13-20-11-22(29)15-23(30)12-20)32-28(34)27-14-21-8-3-4-9-26(21)35-27/h3-12,14-15,24-25,31,33H,2,13,16-17H2,1H3,(H,32,34)/t24-,25-/m0/s1. The number of hydrogen-bond acceptors (Lipinski definition) is 4. The van der Waals surface area contributed by atoms with E-state index in [-0.39, 0.29) is 18.7 Å². The van der Waals surface area contributed by atoms with Gasteiger partial charge in [-0.3, -0.25) is 4.79 Å². The van der Waals surface area contributed by atoms with Gasteiger partial charge in [0.25, 0.3) is 5.91 Å². The Morgan fingerprint density at radius 1 is 0.943 bits per heavy atom. The lowest BCUT2D eigenvalue weighted by molar-refractivity contribution is 0.0806. The van der Waals surface area contributed by atoms with Crippen molar-refractivity contribution in [3.63, 3.8) is 0 Å². The number of nitrogens with one attached hydrogen (secondary N) is 2. The SMILES string of the molecule is CCc1cccc(CNC[C@H](O)[C@H](Cc2cc(F)cc(F)c2)NC(=O)c2cc3ccccc3o2)c1. The molecule has 0 aliphatic heterocycles. The first-order chi connectivity index (χ1) is 16.9. The van der Waals surface area contributed by atoms with Crippen LogP contribution in [0.4, 0.5) is 8.78 Å². The van der Waals surface area contributed by atoms with Crippen LogP contribution in [0.25, 0.3) is 11.0 Å². The summed E-state index contributed by atoms with van der Waals surface area (Å²) >= 11 is 0. The Balaban J connectivity index is 1.47. The third-order valence-corrected chi connectivity index (χ3v) is 5.89. The highest BCUT2D eigenvalue weighted by Crippen LogP contribution is 2.19. The molecule has 0 spiro atoms. The van der Waals surface area contributed by atoms with E-state index >= 15 is 0 Å². The van der Waals surface area contributed by atoms with Gasteiger partial charge in [-0.15, -0.1) is 0 Å². The van der Waals surface area contributed by atoms with Gasteiger partial charge in [-0.05, 0) is 53.8 Å². The summed E-state index contributed by atoms with van der Waals surface area (Å²) in [4.78, 5) is 12.9. The molecule has 0 fully saturated rings. The van der Waals surface area contributed by atoms with Crippen LogP contribution < -0.4 is 10.6 Å². The Morgan fingerprint density at radius 3 is 2.43 bits per heavy atom. The number of carbonyl (C=O) groups is 1. The molecule has 35 heavy (non-hydrogen) atoms. The first-order valence-electron chi connectivity index (χ1n) is 11.6. The van der Waals surface area contributed by atoms with Crippen LogP contribution in [0.2, 0.25) is 0 Å². The number of halogens is 2. The van der Waals surface area contributed by atoms with Crippen LogP contribution in [0, 0.1) is 11.6 Å². The van der Waals surface area contributed by atoms with E-state index in [1.807, 2.05) is 24.3 Å². The van der Waals surface area contributed by atoms with Gasteiger partial charge in [-0.25, -0.2) is 8.78 Å². The van der Waals surface area contributed by atoms with Gasteiger partial charge in [0, 0.05) is 24.5 Å². The van der Waals surface area contributed by atoms with E-state index in [0.717, 1.165) is 23.4 Å². The summed E-state index contributed by atoms with van der Waals surface area (Å²) in [5.41, 5.74) is 3.19. The lowest BCUT2D eigenvalue weighted by Crippen LogP contribution is -2.48. The van der Waals surface area contributed by atoms with Gasteiger partial charge in [0.05, 0.1) is 12.1 Å². The molecule has 0 unspecified atom stereocenters. The van der Waals surface area contributed by atoms with Gasteiger partial charge in [0.15, 0.2) is 5.76 Å². The molecule has 2 atom stereocenters. The lowest BCUT2D eigenvalue weighted by Gasteiger charge is -2.24. The minimum Gasteiger partial charge on any atom is -0.451 e. The molecule has 0 radical (unpaired) electrons. The zero-order valence-corrected chi connectivity index (χ0v) is 19.4. The molecular formula is C28H28F2N2O3. The van der Waals surface area contributed by atoms with Gasteiger partial charge >= 0.3 is 0 Å². The summed E-state index contributed by atoms with van der Waals surface area (Å²) in [6.45, 7) is 2.78. The highest BCUT2D eigenvalue weighted by molar-refractivity contribution is 5.96. The van der Waals surface area contributed by atoms with Crippen molar-refractivity contribution >= 4 is 16.9 Å². The van der Waals surface area contributed by atoms with Gasteiger partial charge in [0.1, 0.15) is 17.2 Å². The van der Waals surface area contributed by atoms with Crippen molar-refractivity contribution in [1.29, 1.82) is 0 Å². The van der Waals surface area contributed by atoms with Gasteiger partial charge in [-0.1, -0.05) is 49.4 Å². The summed E-state index contributed by atoms with van der Waals surface area (Å²) in [6.07, 6.45) is -0.0604. The van der Waals surface area contributed by atoms with Crippen LogP contribution >= 0.6 is 0 Å². The van der Waals surface area contributed by atoms with E-state index in [4.69, 9.17) is 4.42 Å². The first-order valence-corrected chi connectivity index (χ1v) is 11.6. The highest BCUT2D eigenvalue weighted by atomic mass is 19.1. The van der Waals surface area contributed by atoms with E-state index in [1.54, 1.807) is 18.2 Å². The number of aliphatic hydroxyl groups is 1. The molecule has 4 aromatic rings. The number of carbonyl (C=O) groups excluding carboxylic acids is 1. The maximum absolute atomic E-state index is 13.8. The van der Waals surface area contributed by atoms with E-state index in [9.17, 15) is 18.7 Å². The van der Waals surface area contributed by atoms with Crippen LogP contribution in [0.5, 0.6) is 0 Å². The fraction of sp³-hybridized carbons (Fsp3) is 0.250. The smallest absolute Gasteiger partial charge is 0.287 e. The Hall–Kier alpha value is -3.55. The molecule has 1 heterocycles. The summed E-state index contributed by atoms with van der Waals surface area (Å²) in [5, 5.41) is 17.7. The van der Waals surface area contributed by atoms with Gasteiger partial charge < -0.3 is 20.2 Å². The predicted octanol–water partition coefficient (Wildman–Crippen LogP) is 4.77. The average molecular weight is 479 g/mol. The molecule has 0 bridgehead atoms. The second-order valence-corrected chi connectivity index (χ2v) is 8.58. The number of fused-ring (bicyclic) bond motifs is 1. The van der Waals surface area contributed by atoms with Crippen LogP contribution in [0.1, 0.15) is 34.2 Å². The fourth-order valence-corrected chi connectivity index (χ4v) is 4.07. The second-order valence-electron chi connectivity index (χ2n) is 8.58. The second kappa shape index (κ2) is 11.3. The largest absolute Gasteiger partial charge is 0.451 e. The molecule has 1 aromatic heterocycles. The van der Waals surface area contributed by atoms with Crippen LogP contribution in [0.15, 0.2) is 77.2 Å². The fourth-order valence-electron chi connectivity index (χ4n) is 4.07. The van der Waals surface area contributed by atoms with Crippen molar-refractivity contribution in [1.82, 2.24) is 10.6 Å². The van der Waals surface area contributed by atoms with E-state index in [1.165, 1.54) is 17.7 Å². The normalized spacial score (nSPS) is 13.0. The molecule has 0 aliphatic carbocycles. The van der Waals surface area contributed by atoms with Crippen LogP contribution in [-0.4, -0.2) is 29.7 Å². The number of benzene rings is 3. The number of rotatable bonds is 10. The number of hydrogen-bond donors (Lipinski definition) is 3. The Labute approximate surface area is 202 Å². The minimum atomic E-state index is -1.02. The maximum atomic E-state index is 13.8. The van der Waals surface area contributed by atoms with Crippen molar-refractivity contribution in [2.75, 3.05) is 6.54 Å². The maximum Gasteiger partial charge on any atom is 0.287 e. The third-order valence-electron chi connectivity index (χ3n) is 5.89.